The smallest absolute Gasteiger partial charge is 0.247 e. The fourth-order valence-corrected chi connectivity index (χ4v) is 3.09. The van der Waals surface area contributed by atoms with Gasteiger partial charge in [-0.3, -0.25) is 4.79 Å². The molecular formula is C21H24N2O2. The quantitative estimate of drug-likeness (QED) is 0.745. The first-order chi connectivity index (χ1) is 11.9. The van der Waals surface area contributed by atoms with Gasteiger partial charge in [-0.05, 0) is 68.7 Å². The van der Waals surface area contributed by atoms with Crippen LogP contribution in [-0.2, 0) is 4.79 Å². The standard InChI is InChI=1S/C21H24N2O2/c1-13-6-7-14(2)19(10-13)22-21(24)16(4)23-12-15(3)18-11-17(25-5)8-9-20(18)23/h6-12,16H,1-5H3,(H,22,24). The number of hydrogen-bond donors (Lipinski definition) is 1. The van der Waals surface area contributed by atoms with E-state index in [2.05, 4.69) is 5.32 Å². The highest BCUT2D eigenvalue weighted by Crippen LogP contribution is 2.28. The molecule has 0 aliphatic rings. The van der Waals surface area contributed by atoms with Crippen LogP contribution in [0.15, 0.2) is 42.6 Å². The predicted molar refractivity (Wildman–Crippen MR) is 102 cm³/mol. The molecule has 0 saturated carbocycles. The van der Waals surface area contributed by atoms with Crippen LogP contribution in [0.25, 0.3) is 10.9 Å². The second-order valence-corrected chi connectivity index (χ2v) is 6.59. The van der Waals surface area contributed by atoms with E-state index in [1.807, 2.05) is 74.9 Å². The highest BCUT2D eigenvalue weighted by Gasteiger charge is 2.19. The summed E-state index contributed by atoms with van der Waals surface area (Å²) in [4.78, 5) is 12.8. The van der Waals surface area contributed by atoms with Crippen molar-refractivity contribution in [3.8, 4) is 5.75 Å². The summed E-state index contributed by atoms with van der Waals surface area (Å²) in [5, 5.41) is 4.16. The minimum atomic E-state index is -0.315. The van der Waals surface area contributed by atoms with Gasteiger partial charge in [0.15, 0.2) is 0 Å². The number of nitrogens with zero attached hydrogens (tertiary/aromatic N) is 1. The lowest BCUT2D eigenvalue weighted by Gasteiger charge is -2.17. The van der Waals surface area contributed by atoms with Crippen LogP contribution < -0.4 is 10.1 Å². The van der Waals surface area contributed by atoms with Gasteiger partial charge in [0.05, 0.1) is 7.11 Å². The number of amides is 1. The molecule has 0 bridgehead atoms. The number of anilines is 1. The second kappa shape index (κ2) is 6.63. The summed E-state index contributed by atoms with van der Waals surface area (Å²) in [5.41, 5.74) is 5.21. The van der Waals surface area contributed by atoms with E-state index in [-0.39, 0.29) is 11.9 Å². The second-order valence-electron chi connectivity index (χ2n) is 6.59. The van der Waals surface area contributed by atoms with Crippen molar-refractivity contribution >= 4 is 22.5 Å². The van der Waals surface area contributed by atoms with Gasteiger partial charge >= 0.3 is 0 Å². The van der Waals surface area contributed by atoms with E-state index in [0.717, 1.165) is 39.0 Å². The Bertz CT molecular complexity index is 940. The van der Waals surface area contributed by atoms with Crippen molar-refractivity contribution in [1.82, 2.24) is 4.57 Å². The number of benzene rings is 2. The van der Waals surface area contributed by atoms with Gasteiger partial charge in [-0.1, -0.05) is 12.1 Å². The molecule has 0 radical (unpaired) electrons. The van der Waals surface area contributed by atoms with E-state index in [9.17, 15) is 4.79 Å². The molecule has 1 amide bonds. The Balaban J connectivity index is 1.92. The molecule has 0 fully saturated rings. The molecule has 1 N–H and O–H groups in total. The first-order valence-electron chi connectivity index (χ1n) is 8.44. The number of nitrogens with one attached hydrogen (secondary N) is 1. The Hall–Kier alpha value is -2.75. The number of carbonyl (C=O) groups is 1. The Morgan fingerprint density at radius 3 is 2.56 bits per heavy atom. The average molecular weight is 336 g/mol. The Kier molecular flexibility index (Phi) is 4.53. The van der Waals surface area contributed by atoms with Gasteiger partial charge < -0.3 is 14.6 Å². The average Bonchev–Trinajstić information content (AvgIpc) is 2.93. The van der Waals surface area contributed by atoms with Gasteiger partial charge in [0.25, 0.3) is 0 Å². The molecular weight excluding hydrogens is 312 g/mol. The molecule has 3 rings (SSSR count). The van der Waals surface area contributed by atoms with Gasteiger partial charge in [0.2, 0.25) is 5.91 Å². The molecule has 4 nitrogen and oxygen atoms in total. The number of fused-ring (bicyclic) bond motifs is 1. The molecule has 2 aromatic carbocycles. The van der Waals surface area contributed by atoms with E-state index in [1.54, 1.807) is 7.11 Å². The first kappa shape index (κ1) is 17.1. The molecule has 3 aromatic rings. The van der Waals surface area contributed by atoms with Crippen LogP contribution in [0.1, 0.15) is 29.7 Å². The zero-order chi connectivity index (χ0) is 18.1. The lowest BCUT2D eigenvalue weighted by Crippen LogP contribution is -2.23. The SMILES string of the molecule is COc1ccc2c(c1)c(C)cn2C(C)C(=O)Nc1cc(C)ccc1C. The number of aromatic nitrogens is 1. The molecule has 130 valence electrons. The van der Waals surface area contributed by atoms with Crippen molar-refractivity contribution in [2.45, 2.75) is 33.7 Å². The van der Waals surface area contributed by atoms with Crippen LogP contribution in [0.4, 0.5) is 5.69 Å². The summed E-state index contributed by atoms with van der Waals surface area (Å²) in [6.07, 6.45) is 2.03. The fourth-order valence-electron chi connectivity index (χ4n) is 3.09. The highest BCUT2D eigenvalue weighted by atomic mass is 16.5. The van der Waals surface area contributed by atoms with Crippen LogP contribution in [0.2, 0.25) is 0 Å². The van der Waals surface area contributed by atoms with Crippen molar-refractivity contribution in [2.75, 3.05) is 12.4 Å². The summed E-state index contributed by atoms with van der Waals surface area (Å²) < 4.78 is 7.33. The minimum Gasteiger partial charge on any atom is -0.497 e. The summed E-state index contributed by atoms with van der Waals surface area (Å²) in [6.45, 7) is 7.99. The van der Waals surface area contributed by atoms with Crippen LogP contribution in [0.5, 0.6) is 5.75 Å². The van der Waals surface area contributed by atoms with E-state index >= 15 is 0 Å². The zero-order valence-electron chi connectivity index (χ0n) is 15.4. The lowest BCUT2D eigenvalue weighted by atomic mass is 10.1. The van der Waals surface area contributed by atoms with E-state index in [0.29, 0.717) is 0 Å². The Morgan fingerprint density at radius 2 is 1.84 bits per heavy atom. The zero-order valence-corrected chi connectivity index (χ0v) is 15.4. The van der Waals surface area contributed by atoms with Crippen molar-refractivity contribution in [3.63, 3.8) is 0 Å². The van der Waals surface area contributed by atoms with Crippen LogP contribution >= 0.6 is 0 Å². The molecule has 1 atom stereocenters. The Labute approximate surface area is 148 Å². The number of hydrogen-bond acceptors (Lipinski definition) is 2. The van der Waals surface area contributed by atoms with E-state index in [4.69, 9.17) is 4.74 Å². The summed E-state index contributed by atoms with van der Waals surface area (Å²) in [5.74, 6) is 0.794. The third-order valence-corrected chi connectivity index (χ3v) is 4.69. The van der Waals surface area contributed by atoms with Crippen molar-refractivity contribution in [3.05, 3.63) is 59.3 Å². The highest BCUT2D eigenvalue weighted by molar-refractivity contribution is 5.96. The third kappa shape index (κ3) is 3.25. The Morgan fingerprint density at radius 1 is 1.08 bits per heavy atom. The largest absolute Gasteiger partial charge is 0.497 e. The third-order valence-electron chi connectivity index (χ3n) is 4.69. The fraction of sp³-hybridized carbons (Fsp3) is 0.286. The molecule has 1 heterocycles. The maximum atomic E-state index is 12.8. The minimum absolute atomic E-state index is 0.0265. The topological polar surface area (TPSA) is 43.3 Å². The first-order valence-corrected chi connectivity index (χ1v) is 8.44. The molecule has 1 unspecified atom stereocenters. The maximum absolute atomic E-state index is 12.8. The summed E-state index contributed by atoms with van der Waals surface area (Å²) in [7, 11) is 1.66. The molecule has 0 aliphatic carbocycles. The molecule has 1 aromatic heterocycles. The molecule has 0 aliphatic heterocycles. The monoisotopic (exact) mass is 336 g/mol. The lowest BCUT2D eigenvalue weighted by molar-refractivity contribution is -0.118. The number of rotatable bonds is 4. The predicted octanol–water partition coefficient (Wildman–Crippen LogP) is 4.77. The molecule has 0 saturated heterocycles. The molecule has 0 spiro atoms. The van der Waals surface area contributed by atoms with Gasteiger partial charge in [-0.2, -0.15) is 0 Å². The van der Waals surface area contributed by atoms with Crippen molar-refractivity contribution in [2.24, 2.45) is 0 Å². The van der Waals surface area contributed by atoms with E-state index in [1.165, 1.54) is 0 Å². The number of ether oxygens (including phenoxy) is 1. The normalized spacial score (nSPS) is 12.2. The van der Waals surface area contributed by atoms with Gasteiger partial charge in [0, 0.05) is 22.8 Å². The number of methoxy groups -OCH3 is 1. The number of carbonyl (C=O) groups excluding carboxylic acids is 1. The van der Waals surface area contributed by atoms with Crippen LogP contribution in [-0.4, -0.2) is 17.6 Å². The van der Waals surface area contributed by atoms with Gasteiger partial charge in [-0.25, -0.2) is 0 Å². The van der Waals surface area contributed by atoms with Gasteiger partial charge in [0.1, 0.15) is 11.8 Å². The maximum Gasteiger partial charge on any atom is 0.247 e. The van der Waals surface area contributed by atoms with Crippen LogP contribution in [0.3, 0.4) is 0 Å². The van der Waals surface area contributed by atoms with Gasteiger partial charge in [-0.15, -0.1) is 0 Å². The summed E-state index contributed by atoms with van der Waals surface area (Å²) >= 11 is 0. The van der Waals surface area contributed by atoms with E-state index < -0.39 is 0 Å². The summed E-state index contributed by atoms with van der Waals surface area (Å²) in [6, 6.07) is 11.7. The number of aryl methyl sites for hydroxylation is 3. The molecule has 25 heavy (non-hydrogen) atoms. The molecule has 4 heteroatoms. The van der Waals surface area contributed by atoms with Crippen molar-refractivity contribution < 1.29 is 9.53 Å². The van der Waals surface area contributed by atoms with Crippen LogP contribution in [0, 0.1) is 20.8 Å². The van der Waals surface area contributed by atoms with Crippen molar-refractivity contribution in [1.29, 1.82) is 0 Å².